The van der Waals surface area contributed by atoms with Crippen molar-refractivity contribution < 1.29 is 23.6 Å². The fourth-order valence-corrected chi connectivity index (χ4v) is 1.44. The monoisotopic (exact) mass is 279 g/mol. The van der Waals surface area contributed by atoms with Gasteiger partial charge in [0.25, 0.3) is 0 Å². The lowest BCUT2D eigenvalue weighted by molar-refractivity contribution is 0.0692. The zero-order valence-electron chi connectivity index (χ0n) is 10.1. The van der Waals surface area contributed by atoms with Crippen molar-refractivity contribution in [1.29, 1.82) is 0 Å². The molecule has 1 aromatic heterocycles. The smallest absolute Gasteiger partial charge is 0.338 e. The highest BCUT2D eigenvalue weighted by molar-refractivity contribution is 5.93. The van der Waals surface area contributed by atoms with Crippen LogP contribution in [-0.2, 0) is 6.54 Å². The number of nitrogens with one attached hydrogen (secondary N) is 2. The summed E-state index contributed by atoms with van der Waals surface area (Å²) in [7, 11) is 0. The molecule has 20 heavy (non-hydrogen) atoms. The van der Waals surface area contributed by atoms with Crippen molar-refractivity contribution in [1.82, 2.24) is 10.5 Å². The molecule has 0 spiro atoms. The van der Waals surface area contributed by atoms with Crippen molar-refractivity contribution in [3.63, 3.8) is 0 Å². The van der Waals surface area contributed by atoms with Gasteiger partial charge in [0.15, 0.2) is 0 Å². The molecule has 104 valence electrons. The van der Waals surface area contributed by atoms with Crippen molar-refractivity contribution in [2.45, 2.75) is 6.54 Å². The number of benzene rings is 1. The molecule has 1 heterocycles. The van der Waals surface area contributed by atoms with Gasteiger partial charge >= 0.3 is 12.0 Å². The van der Waals surface area contributed by atoms with Crippen LogP contribution in [0.4, 0.5) is 14.9 Å². The summed E-state index contributed by atoms with van der Waals surface area (Å²) in [6.45, 7) is 0.148. The number of hydrogen-bond donors (Lipinski definition) is 3. The maximum atomic E-state index is 13.2. The summed E-state index contributed by atoms with van der Waals surface area (Å²) in [5.74, 6) is -2.28. The standard InChI is InChI=1S/C12H10FN3O4/c13-10-2-1-7(5-9(10)11(17)18)15-12(19)14-6-8-3-4-20-16-8/h1-5H,6H2,(H,17,18)(H2,14,15,19). The van der Waals surface area contributed by atoms with Crippen LogP contribution < -0.4 is 10.6 Å². The van der Waals surface area contributed by atoms with E-state index in [1.807, 2.05) is 0 Å². The largest absolute Gasteiger partial charge is 0.478 e. The topological polar surface area (TPSA) is 104 Å². The van der Waals surface area contributed by atoms with Crippen LogP contribution in [0, 0.1) is 5.82 Å². The Bertz CT molecular complexity index is 628. The zero-order valence-corrected chi connectivity index (χ0v) is 10.1. The lowest BCUT2D eigenvalue weighted by Gasteiger charge is -2.07. The quantitative estimate of drug-likeness (QED) is 0.792. The molecule has 1 aromatic carbocycles. The van der Waals surface area contributed by atoms with Gasteiger partial charge in [-0.05, 0) is 18.2 Å². The molecule has 8 heteroatoms. The van der Waals surface area contributed by atoms with Crippen LogP contribution in [0.5, 0.6) is 0 Å². The number of hydrogen-bond acceptors (Lipinski definition) is 4. The van der Waals surface area contributed by atoms with E-state index in [0.717, 1.165) is 12.1 Å². The normalized spacial score (nSPS) is 10.1. The molecule has 0 bridgehead atoms. The molecule has 2 aromatic rings. The molecule has 0 aliphatic rings. The van der Waals surface area contributed by atoms with Gasteiger partial charge in [-0.3, -0.25) is 0 Å². The lowest BCUT2D eigenvalue weighted by Crippen LogP contribution is -2.28. The molecule has 0 saturated carbocycles. The highest BCUT2D eigenvalue weighted by atomic mass is 19.1. The number of carboxylic acids is 1. The molecule has 2 rings (SSSR count). The van der Waals surface area contributed by atoms with Crippen LogP contribution in [0.25, 0.3) is 0 Å². The van der Waals surface area contributed by atoms with Crippen LogP contribution in [0.2, 0.25) is 0 Å². The number of anilines is 1. The predicted octanol–water partition coefficient (Wildman–Crippen LogP) is 1.83. The Morgan fingerprint density at radius 2 is 2.15 bits per heavy atom. The molecule has 0 unspecified atom stereocenters. The summed E-state index contributed by atoms with van der Waals surface area (Å²) < 4.78 is 17.8. The second kappa shape index (κ2) is 5.83. The number of rotatable bonds is 4. The highest BCUT2D eigenvalue weighted by Crippen LogP contribution is 2.14. The fraction of sp³-hybridized carbons (Fsp3) is 0.0833. The van der Waals surface area contributed by atoms with Gasteiger partial charge in [-0.15, -0.1) is 0 Å². The maximum absolute atomic E-state index is 13.2. The van der Waals surface area contributed by atoms with Crippen LogP contribution in [0.15, 0.2) is 35.1 Å². The van der Waals surface area contributed by atoms with E-state index in [2.05, 4.69) is 20.3 Å². The van der Waals surface area contributed by atoms with E-state index in [-0.39, 0.29) is 12.2 Å². The number of carboxylic acid groups (broad SMARTS) is 1. The molecule has 0 fully saturated rings. The molecule has 0 aliphatic heterocycles. The number of aromatic nitrogens is 1. The third-order valence-corrected chi connectivity index (χ3v) is 2.38. The molecule has 7 nitrogen and oxygen atoms in total. The van der Waals surface area contributed by atoms with Crippen molar-refractivity contribution in [2.24, 2.45) is 0 Å². The second-order valence-corrected chi connectivity index (χ2v) is 3.80. The summed E-state index contributed by atoms with van der Waals surface area (Å²) in [6, 6.07) is 4.28. The third-order valence-electron chi connectivity index (χ3n) is 2.38. The van der Waals surface area contributed by atoms with E-state index < -0.39 is 23.4 Å². The van der Waals surface area contributed by atoms with Gasteiger partial charge in [0.2, 0.25) is 0 Å². The predicted molar refractivity (Wildman–Crippen MR) is 65.7 cm³/mol. The SMILES string of the molecule is O=C(NCc1ccon1)Nc1ccc(F)c(C(=O)O)c1. The average molecular weight is 279 g/mol. The summed E-state index contributed by atoms with van der Waals surface area (Å²) in [4.78, 5) is 22.3. The zero-order chi connectivity index (χ0) is 14.5. The van der Waals surface area contributed by atoms with Gasteiger partial charge in [-0.1, -0.05) is 5.16 Å². The number of carbonyl (C=O) groups excluding carboxylic acids is 1. The number of halogens is 1. The molecular formula is C12H10FN3O4. The van der Waals surface area contributed by atoms with E-state index >= 15 is 0 Å². The Balaban J connectivity index is 1.97. The minimum Gasteiger partial charge on any atom is -0.478 e. The highest BCUT2D eigenvalue weighted by Gasteiger charge is 2.12. The number of aromatic carboxylic acids is 1. The molecule has 3 N–H and O–H groups in total. The Kier molecular flexibility index (Phi) is 3.94. The van der Waals surface area contributed by atoms with Crippen LogP contribution in [0.3, 0.4) is 0 Å². The second-order valence-electron chi connectivity index (χ2n) is 3.80. The first-order valence-electron chi connectivity index (χ1n) is 5.53. The third kappa shape index (κ3) is 3.31. The van der Waals surface area contributed by atoms with Gasteiger partial charge < -0.3 is 20.3 Å². The van der Waals surface area contributed by atoms with Gasteiger partial charge in [-0.2, -0.15) is 0 Å². The summed E-state index contributed by atoms with van der Waals surface area (Å²) in [6.07, 6.45) is 1.37. The number of urea groups is 1. The number of carbonyl (C=O) groups is 2. The van der Waals surface area contributed by atoms with Gasteiger partial charge in [0.05, 0.1) is 12.1 Å². The first-order valence-corrected chi connectivity index (χ1v) is 5.53. The lowest BCUT2D eigenvalue weighted by atomic mass is 10.2. The Morgan fingerprint density at radius 3 is 2.80 bits per heavy atom. The molecule has 0 aliphatic carbocycles. The summed E-state index contributed by atoms with van der Waals surface area (Å²) >= 11 is 0. The number of amides is 2. The van der Waals surface area contributed by atoms with Crippen molar-refractivity contribution in [3.05, 3.63) is 47.6 Å². The summed E-state index contributed by atoms with van der Waals surface area (Å²) in [5.41, 5.74) is 0.186. The first-order chi connectivity index (χ1) is 9.56. The van der Waals surface area contributed by atoms with E-state index in [1.54, 1.807) is 6.07 Å². The molecule has 0 saturated heterocycles. The maximum Gasteiger partial charge on any atom is 0.338 e. The van der Waals surface area contributed by atoms with E-state index in [1.165, 1.54) is 12.3 Å². The Hall–Kier alpha value is -2.90. The minimum absolute atomic E-state index is 0.148. The molecule has 0 atom stereocenters. The van der Waals surface area contributed by atoms with Crippen LogP contribution >= 0.6 is 0 Å². The van der Waals surface area contributed by atoms with Crippen LogP contribution in [0.1, 0.15) is 16.1 Å². The minimum atomic E-state index is -1.41. The molecule has 2 amide bonds. The van der Waals surface area contributed by atoms with E-state index in [9.17, 15) is 14.0 Å². The van der Waals surface area contributed by atoms with E-state index in [4.69, 9.17) is 5.11 Å². The number of nitrogens with zero attached hydrogens (tertiary/aromatic N) is 1. The van der Waals surface area contributed by atoms with Gasteiger partial charge in [-0.25, -0.2) is 14.0 Å². The van der Waals surface area contributed by atoms with Gasteiger partial charge in [0.1, 0.15) is 17.8 Å². The van der Waals surface area contributed by atoms with Crippen molar-refractivity contribution >= 4 is 17.7 Å². The molecular weight excluding hydrogens is 269 g/mol. The van der Waals surface area contributed by atoms with Crippen molar-refractivity contribution in [2.75, 3.05) is 5.32 Å². The Labute approximate surface area is 112 Å². The summed E-state index contributed by atoms with van der Waals surface area (Å²) in [5, 5.41) is 17.2. The van der Waals surface area contributed by atoms with E-state index in [0.29, 0.717) is 5.69 Å². The van der Waals surface area contributed by atoms with Crippen LogP contribution in [-0.4, -0.2) is 22.3 Å². The average Bonchev–Trinajstić information content (AvgIpc) is 2.91. The Morgan fingerprint density at radius 1 is 1.35 bits per heavy atom. The first kappa shape index (κ1) is 13.5. The van der Waals surface area contributed by atoms with Crippen molar-refractivity contribution in [3.8, 4) is 0 Å². The van der Waals surface area contributed by atoms with Gasteiger partial charge in [0, 0.05) is 11.8 Å². The fourth-order valence-electron chi connectivity index (χ4n) is 1.44. The molecule has 0 radical (unpaired) electrons.